The van der Waals surface area contributed by atoms with Crippen molar-refractivity contribution in [1.29, 1.82) is 0 Å². The first-order chi connectivity index (χ1) is 18.9. The maximum Gasteiger partial charge on any atom is 0.295 e. The first kappa shape index (κ1) is 27.0. The van der Waals surface area contributed by atoms with Gasteiger partial charge in [-0.15, -0.1) is 0 Å². The van der Waals surface area contributed by atoms with Gasteiger partial charge in [-0.2, -0.15) is 0 Å². The Hall–Kier alpha value is -3.56. The Kier molecular flexibility index (Phi) is 8.09. The molecule has 39 heavy (non-hydrogen) atoms. The molecule has 2 aromatic carbocycles. The Morgan fingerprint density at radius 2 is 1.74 bits per heavy atom. The SMILES string of the molecule is CCOc1ccc([C@H]2/C(=C(\O)c3ccc4c(c3)C[C@@H](C)O4)C(=O)C(=O)N2CCN2CCOCC2)cc1OCC. The molecular weight excluding hydrogens is 500 g/mol. The molecule has 3 aliphatic rings. The number of aliphatic hydroxyl groups is 1. The molecule has 0 unspecified atom stereocenters. The lowest BCUT2D eigenvalue weighted by Gasteiger charge is -2.31. The fourth-order valence-electron chi connectivity index (χ4n) is 5.49. The molecule has 2 aromatic rings. The molecule has 2 saturated heterocycles. The molecule has 0 aliphatic carbocycles. The monoisotopic (exact) mass is 536 g/mol. The van der Waals surface area contributed by atoms with Crippen molar-refractivity contribution in [2.45, 2.75) is 39.3 Å². The van der Waals surface area contributed by atoms with Crippen LogP contribution in [0.25, 0.3) is 5.76 Å². The number of benzene rings is 2. The van der Waals surface area contributed by atoms with Gasteiger partial charge in [-0.3, -0.25) is 14.5 Å². The first-order valence-electron chi connectivity index (χ1n) is 13.7. The maximum absolute atomic E-state index is 13.5. The number of hydrogen-bond acceptors (Lipinski definition) is 8. The zero-order valence-corrected chi connectivity index (χ0v) is 22.8. The predicted molar refractivity (Wildman–Crippen MR) is 145 cm³/mol. The van der Waals surface area contributed by atoms with E-state index in [0.29, 0.717) is 68.6 Å². The van der Waals surface area contributed by atoms with Crippen molar-refractivity contribution in [3.8, 4) is 17.2 Å². The summed E-state index contributed by atoms with van der Waals surface area (Å²) in [6, 6.07) is 10.0. The van der Waals surface area contributed by atoms with Gasteiger partial charge in [-0.05, 0) is 62.2 Å². The van der Waals surface area contributed by atoms with E-state index in [1.807, 2.05) is 39.0 Å². The van der Waals surface area contributed by atoms with E-state index in [0.717, 1.165) is 24.4 Å². The van der Waals surface area contributed by atoms with Crippen LogP contribution in [0.15, 0.2) is 42.0 Å². The number of carbonyl (C=O) groups is 2. The van der Waals surface area contributed by atoms with Crippen LogP contribution < -0.4 is 14.2 Å². The lowest BCUT2D eigenvalue weighted by atomic mass is 9.94. The average molecular weight is 537 g/mol. The number of fused-ring (bicyclic) bond motifs is 1. The fraction of sp³-hybridized carbons (Fsp3) is 0.467. The average Bonchev–Trinajstić information content (AvgIpc) is 3.44. The highest BCUT2D eigenvalue weighted by Gasteiger charge is 2.46. The van der Waals surface area contributed by atoms with E-state index in [9.17, 15) is 14.7 Å². The van der Waals surface area contributed by atoms with Gasteiger partial charge in [0.25, 0.3) is 11.7 Å². The number of carbonyl (C=O) groups excluding carboxylic acids is 2. The highest BCUT2D eigenvalue weighted by molar-refractivity contribution is 6.46. The Labute approximate surface area is 228 Å². The van der Waals surface area contributed by atoms with Gasteiger partial charge in [0, 0.05) is 38.2 Å². The summed E-state index contributed by atoms with van der Waals surface area (Å²) in [5.74, 6) is 0.368. The lowest BCUT2D eigenvalue weighted by molar-refractivity contribution is -0.140. The molecule has 208 valence electrons. The molecule has 0 spiro atoms. The van der Waals surface area contributed by atoms with Gasteiger partial charge in [-0.25, -0.2) is 0 Å². The smallest absolute Gasteiger partial charge is 0.295 e. The van der Waals surface area contributed by atoms with Gasteiger partial charge >= 0.3 is 0 Å². The van der Waals surface area contributed by atoms with Crippen molar-refractivity contribution >= 4 is 17.4 Å². The molecule has 0 aromatic heterocycles. The fourth-order valence-corrected chi connectivity index (χ4v) is 5.49. The molecule has 0 bridgehead atoms. The third kappa shape index (κ3) is 5.46. The van der Waals surface area contributed by atoms with Gasteiger partial charge in [-0.1, -0.05) is 6.07 Å². The lowest BCUT2D eigenvalue weighted by Crippen LogP contribution is -2.42. The van der Waals surface area contributed by atoms with Crippen molar-refractivity contribution in [1.82, 2.24) is 9.80 Å². The summed E-state index contributed by atoms with van der Waals surface area (Å²) in [5.41, 5.74) is 2.19. The van der Waals surface area contributed by atoms with Crippen LogP contribution in [0, 0.1) is 0 Å². The van der Waals surface area contributed by atoms with Crippen LogP contribution in [0.3, 0.4) is 0 Å². The third-order valence-electron chi connectivity index (χ3n) is 7.35. The number of Topliss-reactive ketones (excluding diaryl/α,β-unsaturated/α-hetero) is 1. The van der Waals surface area contributed by atoms with Gasteiger partial charge in [0.1, 0.15) is 17.6 Å². The number of nitrogens with zero attached hydrogens (tertiary/aromatic N) is 2. The zero-order chi connectivity index (χ0) is 27.5. The van der Waals surface area contributed by atoms with Crippen molar-refractivity contribution < 1.29 is 33.6 Å². The Morgan fingerprint density at radius 3 is 2.49 bits per heavy atom. The van der Waals surface area contributed by atoms with E-state index in [2.05, 4.69) is 4.90 Å². The molecule has 1 amide bonds. The van der Waals surface area contributed by atoms with Gasteiger partial charge in [0.05, 0.1) is 38.0 Å². The number of ether oxygens (including phenoxy) is 4. The molecule has 9 nitrogen and oxygen atoms in total. The summed E-state index contributed by atoms with van der Waals surface area (Å²) >= 11 is 0. The van der Waals surface area contributed by atoms with Crippen LogP contribution in [0.5, 0.6) is 17.2 Å². The maximum atomic E-state index is 13.5. The summed E-state index contributed by atoms with van der Waals surface area (Å²) < 4.78 is 22.8. The van der Waals surface area contributed by atoms with Crippen molar-refractivity contribution in [3.05, 3.63) is 58.7 Å². The van der Waals surface area contributed by atoms with Crippen molar-refractivity contribution in [3.63, 3.8) is 0 Å². The quantitative estimate of drug-likeness (QED) is 0.295. The summed E-state index contributed by atoms with van der Waals surface area (Å²) in [5, 5.41) is 11.5. The molecule has 1 N–H and O–H groups in total. The Balaban J connectivity index is 1.57. The molecular formula is C30H36N2O7. The second-order valence-corrected chi connectivity index (χ2v) is 9.97. The highest BCUT2D eigenvalue weighted by Crippen LogP contribution is 2.42. The number of amides is 1. The molecule has 3 aliphatic heterocycles. The number of ketones is 1. The summed E-state index contributed by atoms with van der Waals surface area (Å²) in [6.45, 7) is 10.4. The second kappa shape index (κ2) is 11.7. The van der Waals surface area contributed by atoms with Crippen LogP contribution in [0.1, 0.15) is 43.5 Å². The number of aliphatic hydroxyl groups excluding tert-OH is 1. The van der Waals surface area contributed by atoms with E-state index < -0.39 is 17.7 Å². The highest BCUT2D eigenvalue weighted by atomic mass is 16.5. The molecule has 2 atom stereocenters. The van der Waals surface area contributed by atoms with Gasteiger partial charge in [0.2, 0.25) is 0 Å². The zero-order valence-electron chi connectivity index (χ0n) is 22.8. The van der Waals surface area contributed by atoms with E-state index >= 15 is 0 Å². The van der Waals surface area contributed by atoms with Crippen LogP contribution in [0.4, 0.5) is 0 Å². The van der Waals surface area contributed by atoms with Crippen molar-refractivity contribution in [2.75, 3.05) is 52.6 Å². The number of likely N-dealkylation sites (tertiary alicyclic amines) is 1. The molecule has 2 fully saturated rings. The summed E-state index contributed by atoms with van der Waals surface area (Å²) in [6.07, 6.45) is 0.758. The van der Waals surface area contributed by atoms with Crippen LogP contribution in [-0.2, 0) is 20.7 Å². The normalized spacial score (nSPS) is 22.6. The minimum absolute atomic E-state index is 0.0454. The first-order valence-corrected chi connectivity index (χ1v) is 13.7. The largest absolute Gasteiger partial charge is 0.507 e. The van der Waals surface area contributed by atoms with Crippen molar-refractivity contribution in [2.24, 2.45) is 0 Å². The van der Waals surface area contributed by atoms with E-state index in [-0.39, 0.29) is 17.4 Å². The standard InChI is InChI=1S/C30H36N2O7/c1-4-37-24-9-6-20(18-25(24)38-5-2)27-26(28(33)21-7-8-23-22(17-21)16-19(3)39-23)29(34)30(35)32(27)11-10-31-12-14-36-15-13-31/h6-9,17-19,27,33H,4-5,10-16H2,1-3H3/b28-26+/t19-,27+/m1/s1. The predicted octanol–water partition coefficient (Wildman–Crippen LogP) is 3.56. The topological polar surface area (TPSA) is 97.8 Å². The molecule has 5 rings (SSSR count). The van der Waals surface area contributed by atoms with Gasteiger partial charge in [0.15, 0.2) is 11.5 Å². The molecule has 3 heterocycles. The van der Waals surface area contributed by atoms with Crippen LogP contribution >= 0.6 is 0 Å². The summed E-state index contributed by atoms with van der Waals surface area (Å²) in [7, 11) is 0. The summed E-state index contributed by atoms with van der Waals surface area (Å²) in [4.78, 5) is 30.7. The number of hydrogen-bond donors (Lipinski definition) is 1. The Morgan fingerprint density at radius 1 is 1.00 bits per heavy atom. The number of morpholine rings is 1. The molecule has 0 saturated carbocycles. The third-order valence-corrected chi connectivity index (χ3v) is 7.35. The Bertz CT molecular complexity index is 1270. The molecule has 9 heteroatoms. The second-order valence-electron chi connectivity index (χ2n) is 9.97. The van der Waals surface area contributed by atoms with E-state index in [1.54, 1.807) is 23.1 Å². The van der Waals surface area contributed by atoms with Crippen LogP contribution in [0.2, 0.25) is 0 Å². The van der Waals surface area contributed by atoms with Crippen LogP contribution in [-0.4, -0.2) is 85.3 Å². The number of rotatable bonds is 9. The van der Waals surface area contributed by atoms with Gasteiger partial charge < -0.3 is 29.0 Å². The minimum Gasteiger partial charge on any atom is -0.507 e. The van der Waals surface area contributed by atoms with E-state index in [1.165, 1.54) is 0 Å². The molecule has 0 radical (unpaired) electrons. The van der Waals surface area contributed by atoms with E-state index in [4.69, 9.17) is 18.9 Å². The minimum atomic E-state index is -0.774.